The minimum absolute atomic E-state index is 0.0338. The van der Waals surface area contributed by atoms with Crippen LogP contribution in [0.4, 0.5) is 0 Å². The van der Waals surface area contributed by atoms with E-state index in [9.17, 15) is 4.79 Å². The van der Waals surface area contributed by atoms with Crippen LogP contribution in [0.1, 0.15) is 49.0 Å². The molecule has 0 saturated carbocycles. The number of ether oxygens (including phenoxy) is 1. The zero-order chi connectivity index (χ0) is 14.8. The predicted octanol–water partition coefficient (Wildman–Crippen LogP) is 3.70. The van der Waals surface area contributed by atoms with Gasteiger partial charge >= 0.3 is 5.97 Å². The van der Waals surface area contributed by atoms with Crippen molar-refractivity contribution in [2.45, 2.75) is 45.6 Å². The average Bonchev–Trinajstić information content (AvgIpc) is 2.49. The summed E-state index contributed by atoms with van der Waals surface area (Å²) in [4.78, 5) is 21.1. The van der Waals surface area contributed by atoms with Crippen molar-refractivity contribution in [2.75, 3.05) is 7.11 Å². The summed E-state index contributed by atoms with van der Waals surface area (Å²) in [5.41, 5.74) is 1.71. The molecule has 1 radical (unpaired) electrons. The van der Waals surface area contributed by atoms with Gasteiger partial charge in [0, 0.05) is 13.5 Å². The fourth-order valence-electron chi connectivity index (χ4n) is 1.59. The average molecular weight is 279 g/mol. The molecule has 0 saturated heterocycles. The van der Waals surface area contributed by atoms with E-state index in [0.717, 1.165) is 19.3 Å². The Morgan fingerprint density at radius 2 is 2.00 bits per heavy atom. The highest BCUT2D eigenvalue weighted by Gasteiger charge is 2.09. The Morgan fingerprint density at radius 1 is 1.30 bits per heavy atom. The minimum atomic E-state index is -0.492. The van der Waals surface area contributed by atoms with Crippen molar-refractivity contribution in [3.05, 3.63) is 42.0 Å². The summed E-state index contributed by atoms with van der Waals surface area (Å²) in [6, 6.07) is 7.41. The normalized spacial score (nSPS) is 12.2. The lowest BCUT2D eigenvalue weighted by molar-refractivity contribution is -0.215. The van der Waals surface area contributed by atoms with Crippen LogP contribution in [0, 0.1) is 6.61 Å². The van der Waals surface area contributed by atoms with Gasteiger partial charge in [0.1, 0.15) is 6.61 Å². The fourth-order valence-corrected chi connectivity index (χ4v) is 1.59. The van der Waals surface area contributed by atoms with E-state index in [4.69, 9.17) is 14.5 Å². The highest BCUT2D eigenvalue weighted by molar-refractivity contribution is 5.88. The number of carbonyl (C=O) groups is 1. The lowest BCUT2D eigenvalue weighted by atomic mass is 10.1. The van der Waals surface area contributed by atoms with E-state index in [1.807, 2.05) is 19.1 Å². The first-order chi connectivity index (χ1) is 9.67. The number of benzene rings is 1. The van der Waals surface area contributed by atoms with E-state index in [0.29, 0.717) is 12.0 Å². The Morgan fingerprint density at radius 3 is 2.60 bits per heavy atom. The fraction of sp³-hybridized carbons (Fsp3) is 0.500. The number of aryl methyl sites for hydroxylation is 1. The first-order valence-corrected chi connectivity index (χ1v) is 6.98. The number of methoxy groups -OCH3 is 1. The zero-order valence-corrected chi connectivity index (χ0v) is 12.4. The molecule has 4 heteroatoms. The molecule has 0 spiro atoms. The second kappa shape index (κ2) is 9.50. The third-order valence-electron chi connectivity index (χ3n) is 3.03. The van der Waals surface area contributed by atoms with E-state index >= 15 is 0 Å². The van der Waals surface area contributed by atoms with Gasteiger partial charge in [-0.05, 0) is 37.5 Å². The molecule has 0 aromatic heterocycles. The van der Waals surface area contributed by atoms with E-state index in [1.54, 1.807) is 19.2 Å². The molecule has 4 nitrogen and oxygen atoms in total. The third-order valence-corrected chi connectivity index (χ3v) is 3.03. The Hall–Kier alpha value is -1.39. The highest BCUT2D eigenvalue weighted by atomic mass is 17.2. The van der Waals surface area contributed by atoms with Crippen molar-refractivity contribution in [3.8, 4) is 0 Å². The van der Waals surface area contributed by atoms with Gasteiger partial charge in [0.25, 0.3) is 0 Å². The first-order valence-electron chi connectivity index (χ1n) is 6.98. The van der Waals surface area contributed by atoms with Gasteiger partial charge < -0.3 is 4.74 Å². The number of rotatable bonds is 9. The number of carbonyl (C=O) groups excluding carboxylic acids is 1. The van der Waals surface area contributed by atoms with E-state index < -0.39 is 5.97 Å². The van der Waals surface area contributed by atoms with Crippen LogP contribution in [0.15, 0.2) is 24.3 Å². The predicted molar refractivity (Wildman–Crippen MR) is 76.9 cm³/mol. The number of hydrogen-bond donors (Lipinski definition) is 0. The molecule has 0 aliphatic rings. The molecule has 0 heterocycles. The second-order valence-electron chi connectivity index (χ2n) is 4.72. The SMILES string of the molecule is CCCCc1ccc(C(=O)OO[CH]CC(C)OC)cc1. The van der Waals surface area contributed by atoms with E-state index in [2.05, 4.69) is 6.92 Å². The summed E-state index contributed by atoms with van der Waals surface area (Å²) in [6.45, 7) is 5.47. The molecule has 0 fully saturated rings. The van der Waals surface area contributed by atoms with Crippen LogP contribution in [-0.2, 0) is 20.9 Å². The molecule has 0 N–H and O–H groups in total. The summed E-state index contributed by atoms with van der Waals surface area (Å²) in [6.07, 6.45) is 3.93. The van der Waals surface area contributed by atoms with Gasteiger partial charge in [-0.3, -0.25) is 4.89 Å². The van der Waals surface area contributed by atoms with E-state index in [1.165, 1.54) is 12.2 Å². The van der Waals surface area contributed by atoms with Crippen LogP contribution < -0.4 is 0 Å². The zero-order valence-electron chi connectivity index (χ0n) is 12.4. The van der Waals surface area contributed by atoms with Crippen LogP contribution in [0.5, 0.6) is 0 Å². The van der Waals surface area contributed by atoms with Crippen molar-refractivity contribution in [2.24, 2.45) is 0 Å². The lowest BCUT2D eigenvalue weighted by Gasteiger charge is -2.08. The van der Waals surface area contributed by atoms with Crippen molar-refractivity contribution >= 4 is 5.97 Å². The first kappa shape index (κ1) is 16.7. The Balaban J connectivity index is 2.32. The topological polar surface area (TPSA) is 44.8 Å². The molecule has 0 aliphatic heterocycles. The maximum Gasteiger partial charge on any atom is 0.373 e. The monoisotopic (exact) mass is 279 g/mol. The van der Waals surface area contributed by atoms with E-state index in [-0.39, 0.29) is 6.10 Å². The standard InChI is InChI=1S/C16H23O4/c1-4-5-6-14-7-9-15(10-8-14)16(17)20-19-12-11-13(2)18-3/h7-10,12-13H,4-6,11H2,1-3H3. The number of hydrogen-bond acceptors (Lipinski definition) is 4. The van der Waals surface area contributed by atoms with Gasteiger partial charge in [-0.2, -0.15) is 4.89 Å². The van der Waals surface area contributed by atoms with Gasteiger partial charge in [-0.1, -0.05) is 25.5 Å². The summed E-state index contributed by atoms with van der Waals surface area (Å²) >= 11 is 0. The van der Waals surface area contributed by atoms with Gasteiger partial charge in [-0.25, -0.2) is 4.79 Å². The summed E-state index contributed by atoms with van der Waals surface area (Å²) in [5, 5.41) is 0. The molecule has 20 heavy (non-hydrogen) atoms. The quantitative estimate of drug-likeness (QED) is 0.393. The van der Waals surface area contributed by atoms with Crippen molar-refractivity contribution in [1.29, 1.82) is 0 Å². The molecule has 1 aromatic rings. The Labute approximate surface area is 121 Å². The third kappa shape index (κ3) is 6.17. The molecule has 0 aliphatic carbocycles. The van der Waals surface area contributed by atoms with Gasteiger partial charge in [0.2, 0.25) is 0 Å². The molecule has 0 amide bonds. The molecular weight excluding hydrogens is 256 g/mol. The number of unbranched alkanes of at least 4 members (excludes halogenated alkanes) is 1. The van der Waals surface area contributed by atoms with Crippen molar-refractivity contribution < 1.29 is 19.3 Å². The summed E-state index contributed by atoms with van der Waals surface area (Å²) < 4.78 is 5.04. The maximum atomic E-state index is 11.7. The van der Waals surface area contributed by atoms with Crippen LogP contribution >= 0.6 is 0 Å². The molecule has 1 aromatic carbocycles. The van der Waals surface area contributed by atoms with Gasteiger partial charge in [0.15, 0.2) is 0 Å². The maximum absolute atomic E-state index is 11.7. The highest BCUT2D eigenvalue weighted by Crippen LogP contribution is 2.10. The van der Waals surface area contributed by atoms with Crippen LogP contribution in [0.25, 0.3) is 0 Å². The Kier molecular flexibility index (Phi) is 7.92. The Bertz CT molecular complexity index is 386. The molecular formula is C16H23O4. The lowest BCUT2D eigenvalue weighted by Crippen LogP contribution is -2.09. The van der Waals surface area contributed by atoms with Crippen molar-refractivity contribution in [3.63, 3.8) is 0 Å². The van der Waals surface area contributed by atoms with Crippen molar-refractivity contribution in [1.82, 2.24) is 0 Å². The molecule has 1 rings (SSSR count). The largest absolute Gasteiger partial charge is 0.382 e. The van der Waals surface area contributed by atoms with Gasteiger partial charge in [-0.15, -0.1) is 0 Å². The molecule has 1 unspecified atom stereocenters. The van der Waals surface area contributed by atoms with Crippen LogP contribution in [-0.4, -0.2) is 19.2 Å². The van der Waals surface area contributed by atoms with Gasteiger partial charge in [0.05, 0.1) is 11.7 Å². The van der Waals surface area contributed by atoms with Crippen LogP contribution in [0.3, 0.4) is 0 Å². The van der Waals surface area contributed by atoms with Crippen LogP contribution in [0.2, 0.25) is 0 Å². The summed E-state index contributed by atoms with van der Waals surface area (Å²) in [5.74, 6) is -0.492. The molecule has 111 valence electrons. The summed E-state index contributed by atoms with van der Waals surface area (Å²) in [7, 11) is 1.62. The molecule has 1 atom stereocenters. The second-order valence-corrected chi connectivity index (χ2v) is 4.72. The molecule has 0 bridgehead atoms. The smallest absolute Gasteiger partial charge is 0.373 e. The minimum Gasteiger partial charge on any atom is -0.382 e.